The number of carbonyl (C=O) groups is 2. The lowest BCUT2D eigenvalue weighted by atomic mass is 10.1. The minimum atomic E-state index is -1.47. The molecule has 1 aromatic heterocycles. The van der Waals surface area contributed by atoms with Crippen molar-refractivity contribution in [1.82, 2.24) is 15.1 Å². The van der Waals surface area contributed by atoms with Gasteiger partial charge in [-0.2, -0.15) is 5.10 Å². The predicted octanol–water partition coefficient (Wildman–Crippen LogP) is 1.65. The van der Waals surface area contributed by atoms with Crippen LogP contribution in [0.25, 0.3) is 0 Å². The van der Waals surface area contributed by atoms with Crippen LogP contribution in [0.3, 0.4) is 0 Å². The Morgan fingerprint density at radius 1 is 1.35 bits per heavy atom. The fraction of sp³-hybridized carbons (Fsp3) is 0.267. The number of nitrogens with zero attached hydrogens (tertiary/aromatic N) is 2. The van der Waals surface area contributed by atoms with Crippen LogP contribution < -0.4 is 5.32 Å². The number of nitrogens with one attached hydrogen (secondary N) is 1. The van der Waals surface area contributed by atoms with Gasteiger partial charge in [0.2, 0.25) is 0 Å². The van der Waals surface area contributed by atoms with Crippen LogP contribution in [0.15, 0.2) is 24.4 Å². The van der Waals surface area contributed by atoms with Crippen molar-refractivity contribution in [2.75, 3.05) is 7.11 Å². The van der Waals surface area contributed by atoms with Gasteiger partial charge in [-0.05, 0) is 25.1 Å². The number of ether oxygens (including phenoxy) is 1. The molecule has 6 nitrogen and oxygen atoms in total. The lowest BCUT2D eigenvalue weighted by Crippen LogP contribution is -2.35. The van der Waals surface area contributed by atoms with Gasteiger partial charge in [0.05, 0.1) is 18.9 Å². The number of halogens is 2. The molecule has 0 aliphatic heterocycles. The Bertz CT molecular complexity index is 758. The van der Waals surface area contributed by atoms with E-state index >= 15 is 0 Å². The number of carbonyl (C=O) groups excluding carboxylic acids is 2. The summed E-state index contributed by atoms with van der Waals surface area (Å²) in [4.78, 5) is 24.2. The van der Waals surface area contributed by atoms with Crippen molar-refractivity contribution in [3.05, 3.63) is 52.9 Å². The van der Waals surface area contributed by atoms with Gasteiger partial charge < -0.3 is 10.1 Å². The van der Waals surface area contributed by atoms with Crippen LogP contribution in [-0.4, -0.2) is 28.8 Å². The van der Waals surface area contributed by atoms with Crippen molar-refractivity contribution >= 4 is 11.9 Å². The Balaban J connectivity index is 2.37. The van der Waals surface area contributed by atoms with Gasteiger partial charge in [-0.15, -0.1) is 0 Å². The summed E-state index contributed by atoms with van der Waals surface area (Å²) in [6.07, 6.45) is 1.32. The summed E-state index contributed by atoms with van der Waals surface area (Å²) < 4.78 is 33.3. The van der Waals surface area contributed by atoms with Gasteiger partial charge in [0.15, 0.2) is 6.04 Å². The fourth-order valence-electron chi connectivity index (χ4n) is 2.05. The van der Waals surface area contributed by atoms with Crippen molar-refractivity contribution < 1.29 is 23.1 Å². The summed E-state index contributed by atoms with van der Waals surface area (Å²) in [5, 5.41) is 6.27. The normalized spacial score (nSPS) is 11.9. The molecule has 0 aliphatic rings. The number of aromatic nitrogens is 2. The molecule has 8 heteroatoms. The smallest absolute Gasteiger partial charge is 0.333 e. The molecule has 0 fully saturated rings. The summed E-state index contributed by atoms with van der Waals surface area (Å²) in [5.41, 5.74) is 0.468. The Kier molecular flexibility index (Phi) is 4.73. The average Bonchev–Trinajstić information content (AvgIpc) is 2.86. The van der Waals surface area contributed by atoms with E-state index in [-0.39, 0.29) is 11.1 Å². The number of benzene rings is 1. The van der Waals surface area contributed by atoms with E-state index in [4.69, 9.17) is 0 Å². The first-order chi connectivity index (χ1) is 10.8. The number of hydrogen-bond donors (Lipinski definition) is 1. The zero-order chi connectivity index (χ0) is 17.1. The van der Waals surface area contributed by atoms with Crippen LogP contribution in [-0.2, 0) is 16.6 Å². The maximum Gasteiger partial charge on any atom is 0.333 e. The van der Waals surface area contributed by atoms with Crippen LogP contribution in [0.5, 0.6) is 0 Å². The van der Waals surface area contributed by atoms with Crippen LogP contribution >= 0.6 is 0 Å². The van der Waals surface area contributed by atoms with Crippen molar-refractivity contribution in [2.24, 2.45) is 7.05 Å². The lowest BCUT2D eigenvalue weighted by Gasteiger charge is -2.17. The number of amides is 1. The van der Waals surface area contributed by atoms with Crippen molar-refractivity contribution in [1.29, 1.82) is 0 Å². The second kappa shape index (κ2) is 6.55. The van der Waals surface area contributed by atoms with Gasteiger partial charge in [-0.1, -0.05) is 0 Å². The standard InChI is InChI=1S/C15H15F2N3O3/c1-8-11(7-18-20(8)2)14(21)19-13(15(22)23-3)10-6-9(16)4-5-12(10)17/h4-7,13H,1-3H3,(H,19,21)/t13-/m1/s1. The summed E-state index contributed by atoms with van der Waals surface area (Å²) in [6, 6.07) is 1.16. The zero-order valence-corrected chi connectivity index (χ0v) is 12.8. The van der Waals surface area contributed by atoms with Crippen LogP contribution in [0.1, 0.15) is 27.7 Å². The number of aryl methyl sites for hydroxylation is 1. The third-order valence-corrected chi connectivity index (χ3v) is 3.46. The quantitative estimate of drug-likeness (QED) is 0.869. The van der Waals surface area contributed by atoms with Crippen LogP contribution in [0.2, 0.25) is 0 Å². The Labute approximate surface area is 131 Å². The molecule has 1 amide bonds. The summed E-state index contributed by atoms with van der Waals surface area (Å²) in [5.74, 6) is -3.12. The summed E-state index contributed by atoms with van der Waals surface area (Å²) in [7, 11) is 2.74. The molecular formula is C15H15F2N3O3. The topological polar surface area (TPSA) is 73.2 Å². The number of rotatable bonds is 4. The lowest BCUT2D eigenvalue weighted by molar-refractivity contribution is -0.143. The van der Waals surface area contributed by atoms with E-state index in [1.165, 1.54) is 10.9 Å². The largest absolute Gasteiger partial charge is 0.467 e. The Morgan fingerprint density at radius 2 is 2.04 bits per heavy atom. The van der Waals surface area contributed by atoms with E-state index in [0.29, 0.717) is 5.69 Å². The number of methoxy groups -OCH3 is 1. The molecule has 1 heterocycles. The fourth-order valence-corrected chi connectivity index (χ4v) is 2.05. The van der Waals surface area contributed by atoms with Gasteiger partial charge in [0.25, 0.3) is 5.91 Å². The van der Waals surface area contributed by atoms with E-state index < -0.39 is 29.6 Å². The van der Waals surface area contributed by atoms with E-state index in [2.05, 4.69) is 15.2 Å². The monoisotopic (exact) mass is 323 g/mol. The molecule has 1 atom stereocenters. The molecule has 0 saturated heterocycles. The van der Waals surface area contributed by atoms with E-state index in [0.717, 1.165) is 25.3 Å². The SMILES string of the molecule is COC(=O)[C@H](NC(=O)c1cnn(C)c1C)c1cc(F)ccc1F. The minimum absolute atomic E-state index is 0.221. The summed E-state index contributed by atoms with van der Waals surface area (Å²) in [6.45, 7) is 1.66. The van der Waals surface area contributed by atoms with Crippen LogP contribution in [0, 0.1) is 18.6 Å². The van der Waals surface area contributed by atoms with Gasteiger partial charge in [-0.3, -0.25) is 9.48 Å². The molecular weight excluding hydrogens is 308 g/mol. The molecule has 1 aromatic carbocycles. The molecule has 0 aliphatic carbocycles. The van der Waals surface area contributed by atoms with Crippen molar-refractivity contribution in [3.63, 3.8) is 0 Å². The van der Waals surface area contributed by atoms with E-state index in [1.807, 2.05) is 0 Å². The third kappa shape index (κ3) is 3.36. The highest BCUT2D eigenvalue weighted by atomic mass is 19.1. The van der Waals surface area contributed by atoms with E-state index in [1.54, 1.807) is 14.0 Å². The molecule has 0 unspecified atom stereocenters. The molecule has 2 aromatic rings. The third-order valence-electron chi connectivity index (χ3n) is 3.46. The maximum absolute atomic E-state index is 13.9. The van der Waals surface area contributed by atoms with Crippen molar-refractivity contribution in [2.45, 2.75) is 13.0 Å². The molecule has 23 heavy (non-hydrogen) atoms. The molecule has 0 bridgehead atoms. The highest BCUT2D eigenvalue weighted by molar-refractivity contribution is 5.97. The zero-order valence-electron chi connectivity index (χ0n) is 12.8. The first-order valence-electron chi connectivity index (χ1n) is 6.67. The highest BCUT2D eigenvalue weighted by Gasteiger charge is 2.28. The second-order valence-corrected chi connectivity index (χ2v) is 4.86. The molecule has 1 N–H and O–H groups in total. The maximum atomic E-state index is 13.9. The number of hydrogen-bond acceptors (Lipinski definition) is 4. The summed E-state index contributed by atoms with van der Waals surface area (Å²) >= 11 is 0. The predicted molar refractivity (Wildman–Crippen MR) is 76.5 cm³/mol. The van der Waals surface area contributed by atoms with Gasteiger partial charge in [-0.25, -0.2) is 13.6 Å². The van der Waals surface area contributed by atoms with Crippen molar-refractivity contribution in [3.8, 4) is 0 Å². The Hall–Kier alpha value is -2.77. The van der Waals surface area contributed by atoms with Gasteiger partial charge in [0.1, 0.15) is 11.6 Å². The first kappa shape index (κ1) is 16.6. The van der Waals surface area contributed by atoms with Crippen LogP contribution in [0.4, 0.5) is 8.78 Å². The molecule has 0 saturated carbocycles. The van der Waals surface area contributed by atoms with Gasteiger partial charge in [0, 0.05) is 18.3 Å². The number of esters is 1. The highest BCUT2D eigenvalue weighted by Crippen LogP contribution is 2.21. The molecule has 0 spiro atoms. The molecule has 2 rings (SSSR count). The molecule has 0 radical (unpaired) electrons. The minimum Gasteiger partial charge on any atom is -0.467 e. The molecule has 122 valence electrons. The van der Waals surface area contributed by atoms with Gasteiger partial charge >= 0.3 is 5.97 Å². The average molecular weight is 323 g/mol. The Morgan fingerprint density at radius 3 is 2.61 bits per heavy atom. The first-order valence-corrected chi connectivity index (χ1v) is 6.67. The second-order valence-electron chi connectivity index (χ2n) is 4.86. The van der Waals surface area contributed by atoms with E-state index in [9.17, 15) is 18.4 Å².